The molecule has 0 radical (unpaired) electrons. The Morgan fingerprint density at radius 1 is 1.80 bits per heavy atom. The lowest BCUT2D eigenvalue weighted by Gasteiger charge is -2.20. The van der Waals surface area contributed by atoms with Crippen molar-refractivity contribution in [1.29, 1.82) is 0 Å². The Kier molecular flexibility index (Phi) is 2.83. The van der Waals surface area contributed by atoms with E-state index in [-0.39, 0.29) is 12.1 Å². The second kappa shape index (κ2) is 3.68. The van der Waals surface area contributed by atoms with Crippen LogP contribution in [0.2, 0.25) is 0 Å². The highest BCUT2D eigenvalue weighted by molar-refractivity contribution is 5.79. The molecule has 0 aliphatic carbocycles. The van der Waals surface area contributed by atoms with Crippen molar-refractivity contribution in [3.05, 3.63) is 0 Å². The van der Waals surface area contributed by atoms with Gasteiger partial charge in [-0.25, -0.2) is 0 Å². The number of rotatable bonds is 2. The fourth-order valence-electron chi connectivity index (χ4n) is 0.944. The van der Waals surface area contributed by atoms with E-state index in [1.807, 2.05) is 6.92 Å². The maximum absolute atomic E-state index is 10.8. The van der Waals surface area contributed by atoms with Gasteiger partial charge in [0.1, 0.15) is 5.78 Å². The van der Waals surface area contributed by atoms with Crippen LogP contribution < -0.4 is 0 Å². The van der Waals surface area contributed by atoms with Crippen molar-refractivity contribution in [2.45, 2.75) is 26.1 Å². The van der Waals surface area contributed by atoms with Crippen LogP contribution in [0.1, 0.15) is 19.8 Å². The zero-order valence-corrected chi connectivity index (χ0v) is 6.13. The zero-order valence-electron chi connectivity index (χ0n) is 6.13. The van der Waals surface area contributed by atoms with Gasteiger partial charge in [0.2, 0.25) is 0 Å². The number of hydrogen-bond donors (Lipinski definition) is 0. The Bertz CT molecular complexity index is 120. The molecule has 10 heavy (non-hydrogen) atoms. The summed E-state index contributed by atoms with van der Waals surface area (Å²) in [5.74, 6) is 0.240. The molecular weight excluding hydrogens is 132 g/mol. The van der Waals surface area contributed by atoms with Crippen LogP contribution in [0.5, 0.6) is 0 Å². The molecule has 1 rings (SSSR count). The number of carbonyl (C=O) groups excluding carboxylic acids is 1. The fraction of sp³-hybridized carbons (Fsp3) is 0.857. The largest absolute Gasteiger partial charge is 0.352 e. The molecule has 1 aliphatic heterocycles. The highest BCUT2D eigenvalue weighted by Gasteiger charge is 2.19. The highest BCUT2D eigenvalue weighted by atomic mass is 16.7. The Labute approximate surface area is 60.3 Å². The molecule has 1 fully saturated rings. The summed E-state index contributed by atoms with van der Waals surface area (Å²) >= 11 is 0. The summed E-state index contributed by atoms with van der Waals surface area (Å²) in [6, 6.07) is 0. The van der Waals surface area contributed by atoms with Crippen LogP contribution in [0.4, 0.5) is 0 Å². The van der Waals surface area contributed by atoms with Gasteiger partial charge >= 0.3 is 0 Å². The maximum Gasteiger partial charge on any atom is 0.164 e. The first kappa shape index (κ1) is 7.69. The smallest absolute Gasteiger partial charge is 0.164 e. The summed E-state index contributed by atoms with van der Waals surface area (Å²) < 4.78 is 10.3. The second-order valence-electron chi connectivity index (χ2n) is 2.25. The molecule has 58 valence electrons. The summed E-state index contributed by atoms with van der Waals surface area (Å²) in [4.78, 5) is 10.8. The van der Waals surface area contributed by atoms with Gasteiger partial charge < -0.3 is 9.47 Å². The Hall–Kier alpha value is -0.410. The minimum atomic E-state index is -0.272. The Balaban J connectivity index is 2.25. The minimum absolute atomic E-state index is 0.240. The molecule has 1 aliphatic rings. The number of carbonyl (C=O) groups is 1. The molecule has 0 bridgehead atoms. The van der Waals surface area contributed by atoms with Gasteiger partial charge in [0.25, 0.3) is 0 Å². The van der Waals surface area contributed by atoms with E-state index in [2.05, 4.69) is 0 Å². The van der Waals surface area contributed by atoms with E-state index in [4.69, 9.17) is 9.47 Å². The Morgan fingerprint density at radius 2 is 2.60 bits per heavy atom. The monoisotopic (exact) mass is 144 g/mol. The van der Waals surface area contributed by atoms with E-state index < -0.39 is 0 Å². The van der Waals surface area contributed by atoms with E-state index >= 15 is 0 Å². The zero-order chi connectivity index (χ0) is 7.40. The third kappa shape index (κ3) is 2.08. The second-order valence-corrected chi connectivity index (χ2v) is 2.25. The molecule has 1 saturated heterocycles. The third-order valence-electron chi connectivity index (χ3n) is 1.43. The van der Waals surface area contributed by atoms with E-state index in [0.29, 0.717) is 26.1 Å². The molecule has 0 amide bonds. The predicted molar refractivity (Wildman–Crippen MR) is 35.6 cm³/mol. The van der Waals surface area contributed by atoms with Crippen molar-refractivity contribution < 1.29 is 14.3 Å². The van der Waals surface area contributed by atoms with Crippen LogP contribution in [0, 0.1) is 0 Å². The van der Waals surface area contributed by atoms with Crippen LogP contribution in [0.25, 0.3) is 0 Å². The molecule has 0 unspecified atom stereocenters. The first-order valence-electron chi connectivity index (χ1n) is 3.58. The van der Waals surface area contributed by atoms with Crippen LogP contribution >= 0.6 is 0 Å². The number of ketones is 1. The van der Waals surface area contributed by atoms with Gasteiger partial charge in [-0.1, -0.05) is 0 Å². The molecule has 1 heterocycles. The minimum Gasteiger partial charge on any atom is -0.352 e. The lowest BCUT2D eigenvalue weighted by Crippen LogP contribution is -2.27. The number of ether oxygens (including phenoxy) is 2. The van der Waals surface area contributed by atoms with Crippen molar-refractivity contribution in [1.82, 2.24) is 0 Å². The molecule has 0 saturated carbocycles. The maximum atomic E-state index is 10.8. The molecular formula is C7H12O3. The van der Waals surface area contributed by atoms with Crippen LogP contribution in [-0.2, 0) is 14.3 Å². The van der Waals surface area contributed by atoms with E-state index in [1.54, 1.807) is 0 Å². The summed E-state index contributed by atoms with van der Waals surface area (Å²) in [5, 5.41) is 0. The standard InChI is InChI=1S/C7H12O3/c1-2-9-7-5-6(8)3-4-10-7/h7H,2-5H2,1H3/t7-/m1/s1. The predicted octanol–water partition coefficient (Wildman–Crippen LogP) is 0.729. The quantitative estimate of drug-likeness (QED) is 0.573. The molecule has 3 heteroatoms. The summed E-state index contributed by atoms with van der Waals surface area (Å²) in [5.41, 5.74) is 0. The number of Topliss-reactive ketones (excluding diaryl/α,β-unsaturated/α-hetero) is 1. The Morgan fingerprint density at radius 3 is 3.20 bits per heavy atom. The molecule has 3 nitrogen and oxygen atoms in total. The van der Waals surface area contributed by atoms with Gasteiger partial charge in [-0.15, -0.1) is 0 Å². The molecule has 0 aromatic rings. The third-order valence-corrected chi connectivity index (χ3v) is 1.43. The molecule has 1 atom stereocenters. The van der Waals surface area contributed by atoms with Crippen molar-refractivity contribution in [2.75, 3.05) is 13.2 Å². The van der Waals surface area contributed by atoms with Gasteiger partial charge in [-0.3, -0.25) is 4.79 Å². The molecule has 0 N–H and O–H groups in total. The van der Waals surface area contributed by atoms with E-state index in [9.17, 15) is 4.79 Å². The van der Waals surface area contributed by atoms with Crippen molar-refractivity contribution in [3.63, 3.8) is 0 Å². The molecule has 0 aromatic carbocycles. The summed E-state index contributed by atoms with van der Waals surface area (Å²) in [6.45, 7) is 3.02. The van der Waals surface area contributed by atoms with Crippen molar-refractivity contribution in [2.24, 2.45) is 0 Å². The summed E-state index contributed by atoms with van der Waals surface area (Å²) in [7, 11) is 0. The van der Waals surface area contributed by atoms with Gasteiger partial charge in [0, 0.05) is 13.0 Å². The topological polar surface area (TPSA) is 35.5 Å². The van der Waals surface area contributed by atoms with Gasteiger partial charge in [-0.2, -0.15) is 0 Å². The van der Waals surface area contributed by atoms with Crippen LogP contribution in [-0.4, -0.2) is 25.3 Å². The van der Waals surface area contributed by atoms with Gasteiger partial charge in [0.05, 0.1) is 13.0 Å². The average Bonchev–Trinajstić information content (AvgIpc) is 1.88. The van der Waals surface area contributed by atoms with Crippen LogP contribution in [0.15, 0.2) is 0 Å². The first-order valence-corrected chi connectivity index (χ1v) is 3.58. The highest BCUT2D eigenvalue weighted by Crippen LogP contribution is 2.09. The number of hydrogen-bond acceptors (Lipinski definition) is 3. The normalized spacial score (nSPS) is 26.9. The van der Waals surface area contributed by atoms with E-state index in [1.165, 1.54) is 0 Å². The fourth-order valence-corrected chi connectivity index (χ4v) is 0.944. The molecule has 0 spiro atoms. The van der Waals surface area contributed by atoms with Crippen molar-refractivity contribution >= 4 is 5.78 Å². The first-order chi connectivity index (χ1) is 4.83. The van der Waals surface area contributed by atoms with Crippen molar-refractivity contribution in [3.8, 4) is 0 Å². The SMILES string of the molecule is CCO[C@H]1CC(=O)CCO1. The summed E-state index contributed by atoms with van der Waals surface area (Å²) in [6.07, 6.45) is 0.698. The lowest BCUT2D eigenvalue weighted by atomic mass is 10.2. The molecule has 0 aromatic heterocycles. The van der Waals surface area contributed by atoms with Crippen LogP contribution in [0.3, 0.4) is 0 Å². The van der Waals surface area contributed by atoms with Gasteiger partial charge in [0.15, 0.2) is 6.29 Å². The van der Waals surface area contributed by atoms with E-state index in [0.717, 1.165) is 0 Å². The average molecular weight is 144 g/mol. The van der Waals surface area contributed by atoms with Gasteiger partial charge in [-0.05, 0) is 6.92 Å². The lowest BCUT2D eigenvalue weighted by molar-refractivity contribution is -0.169.